The summed E-state index contributed by atoms with van der Waals surface area (Å²) < 4.78 is 13.6. The highest BCUT2D eigenvalue weighted by molar-refractivity contribution is 9.10. The fourth-order valence-electron chi connectivity index (χ4n) is 1.33. The highest BCUT2D eigenvalue weighted by Gasteiger charge is 2.30. The molecule has 0 heterocycles. The van der Waals surface area contributed by atoms with Crippen LogP contribution in [0.2, 0.25) is 0 Å². The van der Waals surface area contributed by atoms with Crippen LogP contribution in [0.1, 0.15) is 25.8 Å². The predicted molar refractivity (Wildman–Crippen MR) is 67.3 cm³/mol. The van der Waals surface area contributed by atoms with Gasteiger partial charge in [-0.1, -0.05) is 19.1 Å². The molecule has 0 aliphatic carbocycles. The molecule has 0 aromatic heterocycles. The molecule has 0 saturated carbocycles. The Labute approximate surface area is 108 Å². The van der Waals surface area contributed by atoms with E-state index in [1.807, 2.05) is 0 Å². The fourth-order valence-corrected chi connectivity index (χ4v) is 1.73. The summed E-state index contributed by atoms with van der Waals surface area (Å²) in [6, 6.07) is 4.70. The summed E-state index contributed by atoms with van der Waals surface area (Å²) in [6.07, 6.45) is 0.454. The minimum atomic E-state index is -0.994. The van der Waals surface area contributed by atoms with Crippen LogP contribution in [0.3, 0.4) is 0 Å². The number of rotatable bonds is 5. The molecule has 94 valence electrons. The molecule has 0 fully saturated rings. The molecule has 0 bridgehead atoms. The minimum absolute atomic E-state index is 0.301. The van der Waals surface area contributed by atoms with Gasteiger partial charge in [0.05, 0.1) is 4.47 Å². The third-order valence-electron chi connectivity index (χ3n) is 2.88. The number of carbonyl (C=O) groups is 1. The van der Waals surface area contributed by atoms with E-state index in [9.17, 15) is 9.18 Å². The molecule has 0 aliphatic rings. The lowest BCUT2D eigenvalue weighted by Gasteiger charge is -2.25. The maximum absolute atomic E-state index is 13.2. The molecule has 2 N–H and O–H groups in total. The van der Waals surface area contributed by atoms with Crippen molar-refractivity contribution in [1.82, 2.24) is 5.32 Å². The molecule has 1 rings (SSSR count). The second kappa shape index (κ2) is 5.60. The first-order chi connectivity index (χ1) is 7.90. The van der Waals surface area contributed by atoms with Crippen molar-refractivity contribution >= 4 is 21.9 Å². The Bertz CT molecular complexity index is 425. The Kier molecular flexibility index (Phi) is 4.65. The first-order valence-electron chi connectivity index (χ1n) is 5.32. The molecule has 1 unspecified atom stereocenters. The first-order valence-corrected chi connectivity index (χ1v) is 6.11. The quantitative estimate of drug-likeness (QED) is 0.879. The number of carboxylic acids is 1. The lowest BCUT2D eigenvalue weighted by Crippen LogP contribution is -2.48. The largest absolute Gasteiger partial charge is 0.480 e. The summed E-state index contributed by atoms with van der Waals surface area (Å²) in [5.74, 6) is -1.26. The van der Waals surface area contributed by atoms with E-state index in [0.29, 0.717) is 23.0 Å². The van der Waals surface area contributed by atoms with Crippen molar-refractivity contribution in [1.29, 1.82) is 0 Å². The second-order valence-electron chi connectivity index (χ2n) is 4.06. The summed E-state index contributed by atoms with van der Waals surface area (Å²) in [5.41, 5.74) is -0.294. The summed E-state index contributed by atoms with van der Waals surface area (Å²) in [4.78, 5) is 11.1. The van der Waals surface area contributed by atoms with Gasteiger partial charge in [0.1, 0.15) is 11.4 Å². The standard InChI is InChI=1S/C12H15BrFNO2/c1-3-12(2,11(16)17)15-7-8-5-4-6-9(14)10(8)13/h4-6,15H,3,7H2,1-2H3,(H,16,17). The molecule has 3 nitrogen and oxygen atoms in total. The van der Waals surface area contributed by atoms with E-state index in [-0.39, 0.29) is 5.82 Å². The maximum atomic E-state index is 13.2. The molecule has 17 heavy (non-hydrogen) atoms. The Morgan fingerprint density at radius 3 is 2.76 bits per heavy atom. The van der Waals surface area contributed by atoms with Crippen molar-refractivity contribution in [2.45, 2.75) is 32.4 Å². The van der Waals surface area contributed by atoms with Crippen molar-refractivity contribution < 1.29 is 14.3 Å². The number of hydrogen-bond donors (Lipinski definition) is 2. The van der Waals surface area contributed by atoms with E-state index in [4.69, 9.17) is 5.11 Å². The van der Waals surface area contributed by atoms with Crippen LogP contribution in [0.25, 0.3) is 0 Å². The molecule has 1 aromatic rings. The Hall–Kier alpha value is -0.940. The van der Waals surface area contributed by atoms with Crippen molar-refractivity contribution in [3.05, 3.63) is 34.1 Å². The van der Waals surface area contributed by atoms with Crippen LogP contribution in [-0.2, 0) is 11.3 Å². The molecule has 0 radical (unpaired) electrons. The van der Waals surface area contributed by atoms with Crippen molar-refractivity contribution in [3.8, 4) is 0 Å². The molecular weight excluding hydrogens is 289 g/mol. The second-order valence-corrected chi connectivity index (χ2v) is 4.85. The predicted octanol–water partition coefficient (Wildman–Crippen LogP) is 2.93. The third-order valence-corrected chi connectivity index (χ3v) is 3.77. The van der Waals surface area contributed by atoms with Crippen LogP contribution in [0.5, 0.6) is 0 Å². The molecule has 5 heteroatoms. The number of nitrogens with one attached hydrogen (secondary N) is 1. The van der Waals surface area contributed by atoms with Crippen LogP contribution in [0.15, 0.2) is 22.7 Å². The third kappa shape index (κ3) is 3.26. The number of aliphatic carboxylic acids is 1. The number of carboxylic acid groups (broad SMARTS) is 1. The summed E-state index contributed by atoms with van der Waals surface area (Å²) in [5, 5.41) is 12.0. The van der Waals surface area contributed by atoms with Crippen LogP contribution < -0.4 is 5.32 Å². The zero-order chi connectivity index (χ0) is 13.1. The van der Waals surface area contributed by atoms with Gasteiger partial charge in [-0.05, 0) is 40.9 Å². The van der Waals surface area contributed by atoms with Gasteiger partial charge < -0.3 is 5.11 Å². The van der Waals surface area contributed by atoms with E-state index in [1.54, 1.807) is 26.0 Å². The van der Waals surface area contributed by atoms with Crippen LogP contribution in [0, 0.1) is 5.82 Å². The average molecular weight is 304 g/mol. The zero-order valence-corrected chi connectivity index (χ0v) is 11.3. The minimum Gasteiger partial charge on any atom is -0.480 e. The molecule has 0 amide bonds. The van der Waals surface area contributed by atoms with Gasteiger partial charge in [0.15, 0.2) is 0 Å². The highest BCUT2D eigenvalue weighted by Crippen LogP contribution is 2.21. The van der Waals surface area contributed by atoms with Gasteiger partial charge in [-0.15, -0.1) is 0 Å². The van der Waals surface area contributed by atoms with Gasteiger partial charge in [-0.3, -0.25) is 10.1 Å². The topological polar surface area (TPSA) is 49.3 Å². The maximum Gasteiger partial charge on any atom is 0.323 e. The molecule has 0 aliphatic heterocycles. The van der Waals surface area contributed by atoms with Crippen molar-refractivity contribution in [2.75, 3.05) is 0 Å². The van der Waals surface area contributed by atoms with Crippen LogP contribution in [-0.4, -0.2) is 16.6 Å². The average Bonchev–Trinajstić information content (AvgIpc) is 2.30. The van der Waals surface area contributed by atoms with E-state index < -0.39 is 11.5 Å². The van der Waals surface area contributed by atoms with Crippen molar-refractivity contribution in [2.24, 2.45) is 0 Å². The molecule has 1 aromatic carbocycles. The van der Waals surface area contributed by atoms with Crippen molar-refractivity contribution in [3.63, 3.8) is 0 Å². The molecule has 0 spiro atoms. The number of benzene rings is 1. The molecular formula is C12H15BrFNO2. The van der Waals surface area contributed by atoms with E-state index in [1.165, 1.54) is 6.07 Å². The van der Waals surface area contributed by atoms with E-state index >= 15 is 0 Å². The van der Waals surface area contributed by atoms with Gasteiger partial charge in [0.2, 0.25) is 0 Å². The van der Waals surface area contributed by atoms with Gasteiger partial charge >= 0.3 is 5.97 Å². The van der Waals surface area contributed by atoms with Gasteiger partial charge in [0.25, 0.3) is 0 Å². The highest BCUT2D eigenvalue weighted by atomic mass is 79.9. The first kappa shape index (κ1) is 14.1. The summed E-state index contributed by atoms with van der Waals surface area (Å²) in [7, 11) is 0. The molecule has 1 atom stereocenters. The fraction of sp³-hybridized carbons (Fsp3) is 0.417. The van der Waals surface area contributed by atoms with Gasteiger partial charge in [-0.2, -0.15) is 0 Å². The van der Waals surface area contributed by atoms with Crippen LogP contribution >= 0.6 is 15.9 Å². The summed E-state index contributed by atoms with van der Waals surface area (Å²) in [6.45, 7) is 3.71. The van der Waals surface area contributed by atoms with Crippen LogP contribution in [0.4, 0.5) is 4.39 Å². The zero-order valence-electron chi connectivity index (χ0n) is 9.76. The monoisotopic (exact) mass is 303 g/mol. The number of hydrogen-bond acceptors (Lipinski definition) is 2. The normalized spacial score (nSPS) is 14.4. The number of halogens is 2. The van der Waals surface area contributed by atoms with E-state index in [2.05, 4.69) is 21.2 Å². The Balaban J connectivity index is 2.80. The van der Waals surface area contributed by atoms with Gasteiger partial charge in [-0.25, -0.2) is 4.39 Å². The smallest absolute Gasteiger partial charge is 0.323 e. The Morgan fingerprint density at radius 1 is 1.59 bits per heavy atom. The van der Waals surface area contributed by atoms with Gasteiger partial charge in [0, 0.05) is 6.54 Å². The summed E-state index contributed by atoms with van der Waals surface area (Å²) >= 11 is 3.14. The lowest BCUT2D eigenvalue weighted by atomic mass is 9.99. The Morgan fingerprint density at radius 2 is 2.24 bits per heavy atom. The SMILES string of the molecule is CCC(C)(NCc1cccc(F)c1Br)C(=O)O. The lowest BCUT2D eigenvalue weighted by molar-refractivity contribution is -0.144. The van der Waals surface area contributed by atoms with E-state index in [0.717, 1.165) is 0 Å². The molecule has 0 saturated heterocycles.